The first-order valence-corrected chi connectivity index (χ1v) is 7.44. The monoisotopic (exact) mass is 332 g/mol. The Balaban J connectivity index is 1.87. The number of imide groups is 1. The van der Waals surface area contributed by atoms with Gasteiger partial charge in [-0.1, -0.05) is 41.9 Å². The quantitative estimate of drug-likeness (QED) is 0.884. The third kappa shape index (κ3) is 5.00. The molecule has 0 saturated heterocycles. The molecule has 120 valence electrons. The van der Waals surface area contributed by atoms with Crippen LogP contribution in [0.1, 0.15) is 15.9 Å². The molecule has 6 heteroatoms. The Hall–Kier alpha value is -2.53. The molecule has 0 aliphatic heterocycles. The summed E-state index contributed by atoms with van der Waals surface area (Å²) in [6, 6.07) is 13.8. The molecular weight excluding hydrogens is 316 g/mol. The summed E-state index contributed by atoms with van der Waals surface area (Å²) < 4.78 is 5.09. The van der Waals surface area contributed by atoms with Crippen LogP contribution in [0.4, 0.5) is 4.79 Å². The summed E-state index contributed by atoms with van der Waals surface area (Å²) in [6.07, 6.45) is 0.683. The van der Waals surface area contributed by atoms with E-state index in [0.717, 1.165) is 5.56 Å². The van der Waals surface area contributed by atoms with Crippen LogP contribution in [0.25, 0.3) is 0 Å². The molecule has 0 aromatic heterocycles. The lowest BCUT2D eigenvalue weighted by Crippen LogP contribution is -2.40. The number of rotatable bonds is 5. The minimum Gasteiger partial charge on any atom is -0.496 e. The molecule has 23 heavy (non-hydrogen) atoms. The SMILES string of the molecule is COc1ccc(Cl)cc1C(=O)NC(=O)NCCc1ccccc1. The Kier molecular flexibility index (Phi) is 6.00. The van der Waals surface area contributed by atoms with Gasteiger partial charge in [0.1, 0.15) is 5.75 Å². The topological polar surface area (TPSA) is 67.4 Å². The molecule has 0 fully saturated rings. The van der Waals surface area contributed by atoms with Crippen molar-refractivity contribution in [3.05, 3.63) is 64.7 Å². The molecule has 5 nitrogen and oxygen atoms in total. The second-order valence-corrected chi connectivity index (χ2v) is 5.23. The Morgan fingerprint density at radius 2 is 1.87 bits per heavy atom. The molecule has 0 spiro atoms. The van der Waals surface area contributed by atoms with Gasteiger partial charge in [0, 0.05) is 11.6 Å². The van der Waals surface area contributed by atoms with Crippen LogP contribution >= 0.6 is 11.6 Å². The summed E-state index contributed by atoms with van der Waals surface area (Å²) in [5.74, 6) is -0.217. The largest absolute Gasteiger partial charge is 0.496 e. The van der Waals surface area contributed by atoms with Crippen molar-refractivity contribution in [1.29, 1.82) is 0 Å². The number of ether oxygens (including phenoxy) is 1. The standard InChI is InChI=1S/C17H17ClN2O3/c1-23-15-8-7-13(18)11-14(15)16(21)20-17(22)19-10-9-12-5-3-2-4-6-12/h2-8,11H,9-10H2,1H3,(H2,19,20,21,22). The van der Waals surface area contributed by atoms with Gasteiger partial charge in [-0.3, -0.25) is 10.1 Å². The van der Waals surface area contributed by atoms with E-state index >= 15 is 0 Å². The number of carbonyl (C=O) groups excluding carboxylic acids is 2. The molecular formula is C17H17ClN2O3. The molecule has 0 atom stereocenters. The maximum atomic E-state index is 12.1. The van der Waals surface area contributed by atoms with Crippen LogP contribution in [0.5, 0.6) is 5.75 Å². The van der Waals surface area contributed by atoms with Crippen molar-refractivity contribution in [1.82, 2.24) is 10.6 Å². The van der Waals surface area contributed by atoms with Gasteiger partial charge in [0.2, 0.25) is 0 Å². The highest BCUT2D eigenvalue weighted by atomic mass is 35.5. The van der Waals surface area contributed by atoms with Gasteiger partial charge in [0.15, 0.2) is 0 Å². The van der Waals surface area contributed by atoms with Gasteiger partial charge < -0.3 is 10.1 Å². The fraction of sp³-hybridized carbons (Fsp3) is 0.176. The number of hydrogen-bond donors (Lipinski definition) is 2. The molecule has 2 aromatic carbocycles. The molecule has 3 amide bonds. The Bertz CT molecular complexity index is 689. The van der Waals surface area contributed by atoms with Gasteiger partial charge in [0.25, 0.3) is 5.91 Å². The van der Waals surface area contributed by atoms with Crippen LogP contribution < -0.4 is 15.4 Å². The lowest BCUT2D eigenvalue weighted by molar-refractivity contribution is 0.0961. The van der Waals surface area contributed by atoms with Crippen molar-refractivity contribution in [3.63, 3.8) is 0 Å². The predicted octanol–water partition coefficient (Wildman–Crippen LogP) is 3.03. The van der Waals surface area contributed by atoms with Gasteiger partial charge >= 0.3 is 6.03 Å². The number of nitrogens with one attached hydrogen (secondary N) is 2. The maximum absolute atomic E-state index is 12.1. The molecule has 0 heterocycles. The zero-order valence-corrected chi connectivity index (χ0v) is 13.4. The molecule has 0 unspecified atom stereocenters. The van der Waals surface area contributed by atoms with Gasteiger partial charge in [-0.05, 0) is 30.2 Å². The number of carbonyl (C=O) groups is 2. The third-order valence-electron chi connectivity index (χ3n) is 3.18. The highest BCUT2D eigenvalue weighted by Gasteiger charge is 2.15. The number of urea groups is 1. The van der Waals surface area contributed by atoms with Crippen molar-refractivity contribution in [2.45, 2.75) is 6.42 Å². The van der Waals surface area contributed by atoms with E-state index in [9.17, 15) is 9.59 Å². The maximum Gasteiger partial charge on any atom is 0.321 e. The van der Waals surface area contributed by atoms with Crippen LogP contribution in [-0.2, 0) is 6.42 Å². The fourth-order valence-electron chi connectivity index (χ4n) is 2.04. The van der Waals surface area contributed by atoms with Crippen molar-refractivity contribution in [2.75, 3.05) is 13.7 Å². The van der Waals surface area contributed by atoms with Crippen LogP contribution in [0.15, 0.2) is 48.5 Å². The third-order valence-corrected chi connectivity index (χ3v) is 3.41. The van der Waals surface area contributed by atoms with Crippen LogP contribution in [0, 0.1) is 0 Å². The van der Waals surface area contributed by atoms with Crippen LogP contribution in [0.3, 0.4) is 0 Å². The zero-order chi connectivity index (χ0) is 16.7. The molecule has 0 bridgehead atoms. The van der Waals surface area contributed by atoms with E-state index in [1.54, 1.807) is 12.1 Å². The molecule has 0 radical (unpaired) electrons. The van der Waals surface area contributed by atoms with E-state index in [0.29, 0.717) is 23.7 Å². The first kappa shape index (κ1) is 16.8. The number of benzene rings is 2. The Morgan fingerprint density at radius 1 is 1.13 bits per heavy atom. The van der Waals surface area contributed by atoms with Crippen molar-refractivity contribution in [3.8, 4) is 5.75 Å². The van der Waals surface area contributed by atoms with E-state index in [-0.39, 0.29) is 5.56 Å². The van der Waals surface area contributed by atoms with E-state index in [2.05, 4.69) is 10.6 Å². The molecule has 2 N–H and O–H groups in total. The second-order valence-electron chi connectivity index (χ2n) is 4.79. The second kappa shape index (κ2) is 8.19. The average Bonchev–Trinajstić information content (AvgIpc) is 2.55. The van der Waals surface area contributed by atoms with Crippen molar-refractivity contribution < 1.29 is 14.3 Å². The molecule has 0 aliphatic rings. The lowest BCUT2D eigenvalue weighted by atomic mass is 10.1. The van der Waals surface area contributed by atoms with Gasteiger partial charge in [-0.2, -0.15) is 0 Å². The van der Waals surface area contributed by atoms with E-state index in [1.807, 2.05) is 30.3 Å². The van der Waals surface area contributed by atoms with Gasteiger partial charge in [-0.25, -0.2) is 4.79 Å². The van der Waals surface area contributed by atoms with E-state index < -0.39 is 11.9 Å². The number of amides is 3. The van der Waals surface area contributed by atoms with E-state index in [4.69, 9.17) is 16.3 Å². The fourth-order valence-corrected chi connectivity index (χ4v) is 2.21. The molecule has 0 aliphatic carbocycles. The number of methoxy groups -OCH3 is 1. The lowest BCUT2D eigenvalue weighted by Gasteiger charge is -2.10. The van der Waals surface area contributed by atoms with Crippen molar-refractivity contribution in [2.24, 2.45) is 0 Å². The molecule has 2 rings (SSSR count). The van der Waals surface area contributed by atoms with Crippen molar-refractivity contribution >= 4 is 23.5 Å². The normalized spacial score (nSPS) is 10.0. The highest BCUT2D eigenvalue weighted by molar-refractivity contribution is 6.31. The highest BCUT2D eigenvalue weighted by Crippen LogP contribution is 2.22. The summed E-state index contributed by atoms with van der Waals surface area (Å²) in [4.78, 5) is 23.9. The summed E-state index contributed by atoms with van der Waals surface area (Å²) in [7, 11) is 1.44. The summed E-state index contributed by atoms with van der Waals surface area (Å²) >= 11 is 5.87. The van der Waals surface area contributed by atoms with E-state index in [1.165, 1.54) is 13.2 Å². The first-order valence-electron chi connectivity index (χ1n) is 7.07. The number of hydrogen-bond acceptors (Lipinski definition) is 3. The van der Waals surface area contributed by atoms with Gasteiger partial charge in [-0.15, -0.1) is 0 Å². The summed E-state index contributed by atoms with van der Waals surface area (Å²) in [5, 5.41) is 5.29. The smallest absolute Gasteiger partial charge is 0.321 e. The summed E-state index contributed by atoms with van der Waals surface area (Å²) in [6.45, 7) is 0.426. The Labute approximate surface area is 139 Å². The number of halogens is 1. The van der Waals surface area contributed by atoms with Gasteiger partial charge in [0.05, 0.1) is 12.7 Å². The predicted molar refractivity (Wildman–Crippen MR) is 89.0 cm³/mol. The minimum absolute atomic E-state index is 0.207. The molecule has 2 aromatic rings. The molecule has 0 saturated carbocycles. The zero-order valence-electron chi connectivity index (χ0n) is 12.6. The first-order chi connectivity index (χ1) is 11.1. The van der Waals surface area contributed by atoms with Crippen LogP contribution in [0.2, 0.25) is 5.02 Å². The average molecular weight is 333 g/mol. The summed E-state index contributed by atoms with van der Waals surface area (Å²) in [5.41, 5.74) is 1.31. The minimum atomic E-state index is -0.568. The van der Waals surface area contributed by atoms with Crippen LogP contribution in [-0.4, -0.2) is 25.6 Å². The Morgan fingerprint density at radius 3 is 2.57 bits per heavy atom.